The molecule has 7 nitrogen and oxygen atoms in total. The number of methoxy groups -OCH3 is 2. The van der Waals surface area contributed by atoms with Crippen LogP contribution in [-0.4, -0.2) is 58.7 Å². The normalized spacial score (nSPS) is 11.2. The molecule has 24 heavy (non-hydrogen) atoms. The van der Waals surface area contributed by atoms with Crippen LogP contribution in [0.2, 0.25) is 0 Å². The van der Waals surface area contributed by atoms with Crippen molar-refractivity contribution in [2.45, 2.75) is 6.42 Å². The van der Waals surface area contributed by atoms with Crippen molar-refractivity contribution >= 4 is 15.9 Å². The summed E-state index contributed by atoms with van der Waals surface area (Å²) in [6.07, 6.45) is 2.80. The lowest BCUT2D eigenvalue weighted by Crippen LogP contribution is -2.38. The highest BCUT2D eigenvalue weighted by Gasteiger charge is 2.15. The van der Waals surface area contributed by atoms with Gasteiger partial charge in [0, 0.05) is 19.6 Å². The minimum atomic E-state index is -3.32. The van der Waals surface area contributed by atoms with Gasteiger partial charge in [-0.05, 0) is 17.7 Å². The van der Waals surface area contributed by atoms with Crippen LogP contribution >= 0.6 is 0 Å². The van der Waals surface area contributed by atoms with E-state index >= 15 is 0 Å². The molecule has 0 fully saturated rings. The number of nitrogens with zero attached hydrogens (tertiary/aromatic N) is 1. The maximum absolute atomic E-state index is 12.0. The number of hydrogen-bond acceptors (Lipinski definition) is 5. The summed E-state index contributed by atoms with van der Waals surface area (Å²) in [4.78, 5) is 12.0. The average Bonchev–Trinajstić information content (AvgIpc) is 2.53. The molecule has 1 N–H and O–H groups in total. The second kappa shape index (κ2) is 9.29. The molecule has 0 aliphatic heterocycles. The Kier molecular flexibility index (Phi) is 7.73. The molecule has 0 radical (unpaired) electrons. The molecule has 8 heteroatoms. The van der Waals surface area contributed by atoms with Gasteiger partial charge in [-0.1, -0.05) is 12.1 Å². The van der Waals surface area contributed by atoms with Gasteiger partial charge < -0.3 is 14.8 Å². The summed E-state index contributed by atoms with van der Waals surface area (Å²) in [6.45, 7) is 4.17. The summed E-state index contributed by atoms with van der Waals surface area (Å²) >= 11 is 0. The molecule has 1 rings (SSSR count). The van der Waals surface area contributed by atoms with Crippen LogP contribution in [0, 0.1) is 0 Å². The van der Waals surface area contributed by atoms with Crippen LogP contribution in [0.25, 0.3) is 0 Å². The predicted molar refractivity (Wildman–Crippen MR) is 92.9 cm³/mol. The third-order valence-electron chi connectivity index (χ3n) is 3.30. The van der Waals surface area contributed by atoms with E-state index in [-0.39, 0.29) is 32.0 Å². The van der Waals surface area contributed by atoms with Gasteiger partial charge in [0.15, 0.2) is 11.5 Å². The molecule has 0 aromatic heterocycles. The van der Waals surface area contributed by atoms with Gasteiger partial charge in [0.05, 0.1) is 26.9 Å². The number of amides is 1. The molecule has 1 amide bonds. The minimum absolute atomic E-state index is 0.167. The maximum atomic E-state index is 12.0. The van der Waals surface area contributed by atoms with E-state index in [0.717, 1.165) is 11.8 Å². The van der Waals surface area contributed by atoms with Crippen LogP contribution in [0.5, 0.6) is 11.5 Å². The second-order valence-electron chi connectivity index (χ2n) is 5.13. The largest absolute Gasteiger partial charge is 0.493 e. The Morgan fingerprint density at radius 3 is 2.50 bits per heavy atom. The highest BCUT2D eigenvalue weighted by atomic mass is 32.2. The zero-order chi connectivity index (χ0) is 18.2. The molecule has 134 valence electrons. The Morgan fingerprint density at radius 2 is 1.96 bits per heavy atom. The topological polar surface area (TPSA) is 84.9 Å². The highest BCUT2D eigenvalue weighted by Crippen LogP contribution is 2.27. The summed E-state index contributed by atoms with van der Waals surface area (Å²) in [6, 6.07) is 5.25. The van der Waals surface area contributed by atoms with Gasteiger partial charge in [-0.25, -0.2) is 8.42 Å². The lowest BCUT2D eigenvalue weighted by molar-refractivity contribution is -0.120. The summed E-state index contributed by atoms with van der Waals surface area (Å²) in [7, 11) is -0.249. The number of carbonyl (C=O) groups excluding carboxylic acids is 1. The Bertz CT molecular complexity index is 673. The van der Waals surface area contributed by atoms with Crippen LogP contribution in [0.15, 0.2) is 30.9 Å². The van der Waals surface area contributed by atoms with Crippen molar-refractivity contribution in [3.05, 3.63) is 36.4 Å². The Morgan fingerprint density at radius 1 is 1.29 bits per heavy atom. The molecule has 0 aliphatic carbocycles. The van der Waals surface area contributed by atoms with Crippen LogP contribution in [0.3, 0.4) is 0 Å². The standard InChI is InChI=1S/C16H24N2O5S/c1-5-9-18(24(4,20)21)10-8-17-16(19)12-13-6-7-14(22-2)15(11-13)23-3/h5-7,11H,1,8-10,12H2,2-4H3,(H,17,19). The monoisotopic (exact) mass is 356 g/mol. The molecule has 0 saturated heterocycles. The number of ether oxygens (including phenoxy) is 2. The van der Waals surface area contributed by atoms with E-state index in [1.54, 1.807) is 25.3 Å². The molecule has 0 unspecified atom stereocenters. The molecule has 0 atom stereocenters. The van der Waals surface area contributed by atoms with Crippen molar-refractivity contribution in [2.24, 2.45) is 0 Å². The number of rotatable bonds is 10. The molecule has 0 aliphatic rings. The molecule has 0 spiro atoms. The van der Waals surface area contributed by atoms with Gasteiger partial charge in [0.2, 0.25) is 15.9 Å². The lowest BCUT2D eigenvalue weighted by atomic mass is 10.1. The fourth-order valence-electron chi connectivity index (χ4n) is 2.10. The van der Waals surface area contributed by atoms with Gasteiger partial charge in [-0.15, -0.1) is 6.58 Å². The molecule has 0 saturated carbocycles. The number of sulfonamides is 1. The molecule has 0 bridgehead atoms. The Balaban J connectivity index is 2.56. The van der Waals surface area contributed by atoms with Gasteiger partial charge in [0.1, 0.15) is 0 Å². The van der Waals surface area contributed by atoms with E-state index in [1.807, 2.05) is 0 Å². The van der Waals surface area contributed by atoms with Crippen LogP contribution in [0.4, 0.5) is 0 Å². The van der Waals surface area contributed by atoms with E-state index in [2.05, 4.69) is 11.9 Å². The highest BCUT2D eigenvalue weighted by molar-refractivity contribution is 7.88. The van der Waals surface area contributed by atoms with Crippen LogP contribution < -0.4 is 14.8 Å². The zero-order valence-corrected chi connectivity index (χ0v) is 15.1. The number of nitrogens with one attached hydrogen (secondary N) is 1. The predicted octanol–water partition coefficient (Wildman–Crippen LogP) is 0.810. The Labute approximate surface area is 143 Å². The fourth-order valence-corrected chi connectivity index (χ4v) is 2.89. The second-order valence-corrected chi connectivity index (χ2v) is 7.11. The first kappa shape index (κ1) is 20.0. The summed E-state index contributed by atoms with van der Waals surface area (Å²) in [5.74, 6) is 0.946. The van der Waals surface area contributed by atoms with Crippen molar-refractivity contribution in [3.63, 3.8) is 0 Å². The first-order chi connectivity index (χ1) is 11.3. The summed E-state index contributed by atoms with van der Waals surface area (Å²) < 4.78 is 34.7. The van der Waals surface area contributed by atoms with Crippen molar-refractivity contribution in [1.82, 2.24) is 9.62 Å². The smallest absolute Gasteiger partial charge is 0.224 e. The minimum Gasteiger partial charge on any atom is -0.493 e. The summed E-state index contributed by atoms with van der Waals surface area (Å²) in [5, 5.41) is 2.71. The van der Waals surface area contributed by atoms with Crippen LogP contribution in [0.1, 0.15) is 5.56 Å². The molecular formula is C16H24N2O5S. The first-order valence-electron chi connectivity index (χ1n) is 7.35. The third-order valence-corrected chi connectivity index (χ3v) is 4.57. The fraction of sp³-hybridized carbons (Fsp3) is 0.438. The van der Waals surface area contributed by atoms with E-state index in [1.165, 1.54) is 17.5 Å². The van der Waals surface area contributed by atoms with Gasteiger partial charge >= 0.3 is 0 Å². The van der Waals surface area contributed by atoms with Gasteiger partial charge in [-0.3, -0.25) is 4.79 Å². The molecule has 1 aromatic rings. The van der Waals surface area contributed by atoms with Crippen molar-refractivity contribution < 1.29 is 22.7 Å². The van der Waals surface area contributed by atoms with E-state index in [0.29, 0.717) is 11.5 Å². The molecule has 0 heterocycles. The first-order valence-corrected chi connectivity index (χ1v) is 9.20. The molecular weight excluding hydrogens is 332 g/mol. The van der Waals surface area contributed by atoms with Crippen molar-refractivity contribution in [1.29, 1.82) is 0 Å². The lowest BCUT2D eigenvalue weighted by Gasteiger charge is -2.18. The van der Waals surface area contributed by atoms with Crippen LogP contribution in [-0.2, 0) is 21.2 Å². The van der Waals surface area contributed by atoms with E-state index < -0.39 is 10.0 Å². The van der Waals surface area contributed by atoms with Crippen molar-refractivity contribution in [2.75, 3.05) is 40.1 Å². The number of carbonyl (C=O) groups is 1. The molecule has 1 aromatic carbocycles. The maximum Gasteiger partial charge on any atom is 0.224 e. The van der Waals surface area contributed by atoms with E-state index in [9.17, 15) is 13.2 Å². The quantitative estimate of drug-likeness (QED) is 0.627. The average molecular weight is 356 g/mol. The van der Waals surface area contributed by atoms with Crippen molar-refractivity contribution in [3.8, 4) is 11.5 Å². The van der Waals surface area contributed by atoms with E-state index in [4.69, 9.17) is 9.47 Å². The SMILES string of the molecule is C=CCN(CCNC(=O)Cc1ccc(OC)c(OC)c1)S(C)(=O)=O. The Hall–Kier alpha value is -2.06. The third kappa shape index (κ3) is 6.21. The summed E-state index contributed by atoms with van der Waals surface area (Å²) in [5.41, 5.74) is 0.774. The zero-order valence-electron chi connectivity index (χ0n) is 14.2. The number of hydrogen-bond donors (Lipinski definition) is 1. The van der Waals surface area contributed by atoms with Gasteiger partial charge in [-0.2, -0.15) is 4.31 Å². The number of benzene rings is 1. The van der Waals surface area contributed by atoms with Gasteiger partial charge in [0.25, 0.3) is 0 Å².